The molecule has 0 radical (unpaired) electrons. The summed E-state index contributed by atoms with van der Waals surface area (Å²) in [5.41, 5.74) is 0.737. The summed E-state index contributed by atoms with van der Waals surface area (Å²) in [6.07, 6.45) is 0. The van der Waals surface area contributed by atoms with Gasteiger partial charge < -0.3 is 14.6 Å². The van der Waals surface area contributed by atoms with Crippen LogP contribution in [-0.4, -0.2) is 32.4 Å². The summed E-state index contributed by atoms with van der Waals surface area (Å²) in [5, 5.41) is 17.6. The van der Waals surface area contributed by atoms with E-state index in [1.807, 2.05) is 24.6 Å². The second-order valence-electron chi connectivity index (χ2n) is 4.45. The molecule has 0 bridgehead atoms. The third kappa shape index (κ3) is 3.27. The summed E-state index contributed by atoms with van der Waals surface area (Å²) < 4.78 is 1.83. The monoisotopic (exact) mass is 294 g/mol. The van der Waals surface area contributed by atoms with Crippen LogP contribution >= 0.6 is 11.6 Å². The highest BCUT2D eigenvalue weighted by Gasteiger charge is 2.15. The topological polar surface area (TPSA) is 71.2 Å². The van der Waals surface area contributed by atoms with Crippen LogP contribution in [0.4, 0.5) is 5.69 Å². The number of aromatic nitrogens is 3. The van der Waals surface area contributed by atoms with Gasteiger partial charge in [-0.3, -0.25) is 4.79 Å². The van der Waals surface area contributed by atoms with Crippen LogP contribution < -0.4 is 4.90 Å². The average molecular weight is 295 g/mol. The van der Waals surface area contributed by atoms with Gasteiger partial charge in [0.05, 0.1) is 6.54 Å². The third-order valence-corrected chi connectivity index (χ3v) is 3.25. The first kappa shape index (κ1) is 14.3. The van der Waals surface area contributed by atoms with E-state index in [4.69, 9.17) is 16.7 Å². The van der Waals surface area contributed by atoms with Crippen molar-refractivity contribution in [2.24, 2.45) is 7.05 Å². The van der Waals surface area contributed by atoms with E-state index in [0.29, 0.717) is 17.4 Å². The Morgan fingerprint density at radius 3 is 2.75 bits per heavy atom. The Morgan fingerprint density at radius 1 is 1.45 bits per heavy atom. The fraction of sp³-hybridized carbons (Fsp3) is 0.308. The highest BCUT2D eigenvalue weighted by atomic mass is 35.5. The summed E-state index contributed by atoms with van der Waals surface area (Å²) >= 11 is 5.96. The van der Waals surface area contributed by atoms with Crippen molar-refractivity contribution >= 4 is 23.3 Å². The van der Waals surface area contributed by atoms with Crippen LogP contribution in [0.2, 0.25) is 5.02 Å². The molecule has 0 atom stereocenters. The van der Waals surface area contributed by atoms with Crippen molar-refractivity contribution in [1.82, 2.24) is 14.8 Å². The smallest absolute Gasteiger partial charge is 0.323 e. The van der Waals surface area contributed by atoms with Crippen LogP contribution in [-0.2, 0) is 18.4 Å². The van der Waals surface area contributed by atoms with Crippen molar-refractivity contribution in [3.8, 4) is 0 Å². The molecule has 0 saturated heterocycles. The van der Waals surface area contributed by atoms with E-state index in [0.717, 1.165) is 11.5 Å². The van der Waals surface area contributed by atoms with Gasteiger partial charge in [-0.2, -0.15) is 0 Å². The molecule has 0 aliphatic heterocycles. The number of benzene rings is 1. The second-order valence-corrected chi connectivity index (χ2v) is 4.89. The van der Waals surface area contributed by atoms with E-state index in [1.54, 1.807) is 23.1 Å². The predicted molar refractivity (Wildman–Crippen MR) is 75.9 cm³/mol. The summed E-state index contributed by atoms with van der Waals surface area (Å²) in [7, 11) is 1.85. The highest BCUT2D eigenvalue weighted by molar-refractivity contribution is 6.30. The van der Waals surface area contributed by atoms with E-state index in [1.165, 1.54) is 0 Å². The molecule has 2 aromatic rings. The van der Waals surface area contributed by atoms with Gasteiger partial charge >= 0.3 is 5.97 Å². The van der Waals surface area contributed by atoms with Crippen LogP contribution in [0.1, 0.15) is 11.6 Å². The number of aliphatic carboxylic acids is 1. The minimum absolute atomic E-state index is 0.133. The van der Waals surface area contributed by atoms with Crippen molar-refractivity contribution in [2.75, 3.05) is 11.4 Å². The zero-order valence-corrected chi connectivity index (χ0v) is 12.0. The number of aryl methyl sites for hydroxylation is 1. The Hall–Kier alpha value is -2.08. The molecule has 7 heteroatoms. The van der Waals surface area contributed by atoms with E-state index in [9.17, 15) is 4.79 Å². The average Bonchev–Trinajstić information content (AvgIpc) is 2.69. The second kappa shape index (κ2) is 5.92. The zero-order valence-electron chi connectivity index (χ0n) is 11.2. The van der Waals surface area contributed by atoms with Gasteiger partial charge in [0.25, 0.3) is 0 Å². The standard InChI is InChI=1S/C13H15ClN4O2/c1-9-15-16-12(17(9)2)7-18(8-13(19)20)11-5-3-4-10(14)6-11/h3-6H,7-8H2,1-2H3,(H,19,20). The van der Waals surface area contributed by atoms with Crippen molar-refractivity contribution in [3.63, 3.8) is 0 Å². The molecule has 0 spiro atoms. The first-order valence-corrected chi connectivity index (χ1v) is 6.42. The molecule has 0 aliphatic carbocycles. The lowest BCUT2D eigenvalue weighted by atomic mass is 10.2. The van der Waals surface area contributed by atoms with Crippen LogP contribution in [0, 0.1) is 6.92 Å². The first-order valence-electron chi connectivity index (χ1n) is 6.04. The zero-order chi connectivity index (χ0) is 14.7. The van der Waals surface area contributed by atoms with Gasteiger partial charge in [0.1, 0.15) is 12.4 Å². The summed E-state index contributed by atoms with van der Waals surface area (Å²) in [6.45, 7) is 2.06. The minimum Gasteiger partial charge on any atom is -0.480 e. The molecule has 2 rings (SSSR count). The largest absolute Gasteiger partial charge is 0.480 e. The molecule has 106 valence electrons. The third-order valence-electron chi connectivity index (χ3n) is 3.01. The maximum Gasteiger partial charge on any atom is 0.323 e. The van der Waals surface area contributed by atoms with Gasteiger partial charge in [0, 0.05) is 17.8 Å². The Bertz CT molecular complexity index is 627. The highest BCUT2D eigenvalue weighted by Crippen LogP contribution is 2.21. The Labute approximate surface area is 121 Å². The van der Waals surface area contributed by atoms with Crippen LogP contribution in [0.15, 0.2) is 24.3 Å². The number of carboxylic acid groups (broad SMARTS) is 1. The van der Waals surface area contributed by atoms with Crippen molar-refractivity contribution in [1.29, 1.82) is 0 Å². The Morgan fingerprint density at radius 2 is 2.20 bits per heavy atom. The SMILES string of the molecule is Cc1nnc(CN(CC(=O)O)c2cccc(Cl)c2)n1C. The molecule has 0 saturated carbocycles. The fourth-order valence-electron chi connectivity index (χ4n) is 1.83. The molecule has 6 nitrogen and oxygen atoms in total. The molecule has 0 unspecified atom stereocenters. The molecule has 1 aromatic heterocycles. The molecule has 0 aliphatic rings. The van der Waals surface area contributed by atoms with Crippen molar-refractivity contribution in [2.45, 2.75) is 13.5 Å². The summed E-state index contributed by atoms with van der Waals surface area (Å²) in [5.74, 6) is 0.564. The van der Waals surface area contributed by atoms with Crippen molar-refractivity contribution < 1.29 is 9.90 Å². The van der Waals surface area contributed by atoms with Gasteiger partial charge in [0.2, 0.25) is 0 Å². The van der Waals surface area contributed by atoms with Crippen LogP contribution in [0.25, 0.3) is 0 Å². The van der Waals surface area contributed by atoms with E-state index in [2.05, 4.69) is 10.2 Å². The first-order chi connectivity index (χ1) is 9.47. The molecule has 0 amide bonds. The lowest BCUT2D eigenvalue weighted by Gasteiger charge is -2.22. The summed E-state index contributed by atoms with van der Waals surface area (Å²) in [6, 6.07) is 7.08. The maximum absolute atomic E-state index is 11.0. The van der Waals surface area contributed by atoms with Crippen LogP contribution in [0.3, 0.4) is 0 Å². The van der Waals surface area contributed by atoms with E-state index in [-0.39, 0.29) is 6.54 Å². The number of carbonyl (C=O) groups is 1. The quantitative estimate of drug-likeness (QED) is 0.911. The van der Waals surface area contributed by atoms with Crippen LogP contribution in [0.5, 0.6) is 0 Å². The summed E-state index contributed by atoms with van der Waals surface area (Å²) in [4.78, 5) is 12.7. The molecule has 0 fully saturated rings. The van der Waals surface area contributed by atoms with Gasteiger partial charge in [-0.1, -0.05) is 17.7 Å². The maximum atomic E-state index is 11.0. The van der Waals surface area contributed by atoms with E-state index < -0.39 is 5.97 Å². The number of carboxylic acids is 1. The number of hydrogen-bond donors (Lipinski definition) is 1. The predicted octanol–water partition coefficient (Wildman–Crippen LogP) is 1.87. The van der Waals surface area contributed by atoms with Gasteiger partial charge in [-0.25, -0.2) is 0 Å². The lowest BCUT2D eigenvalue weighted by molar-refractivity contribution is -0.135. The molecule has 20 heavy (non-hydrogen) atoms. The van der Waals surface area contributed by atoms with E-state index >= 15 is 0 Å². The number of nitrogens with zero attached hydrogens (tertiary/aromatic N) is 4. The minimum atomic E-state index is -0.913. The number of halogens is 1. The Kier molecular flexibility index (Phi) is 4.24. The number of anilines is 1. The van der Waals surface area contributed by atoms with Gasteiger partial charge in [0.15, 0.2) is 5.82 Å². The Balaban J connectivity index is 2.28. The lowest BCUT2D eigenvalue weighted by Crippen LogP contribution is -2.30. The van der Waals surface area contributed by atoms with Crippen molar-refractivity contribution in [3.05, 3.63) is 40.9 Å². The van der Waals surface area contributed by atoms with Gasteiger partial charge in [-0.05, 0) is 25.1 Å². The van der Waals surface area contributed by atoms with Gasteiger partial charge in [-0.15, -0.1) is 10.2 Å². The molecule has 1 N–H and O–H groups in total. The normalized spacial score (nSPS) is 10.6. The fourth-order valence-corrected chi connectivity index (χ4v) is 2.02. The molecule has 1 aromatic carbocycles. The number of rotatable bonds is 5. The molecular formula is C13H15ClN4O2. The molecule has 1 heterocycles. The number of hydrogen-bond acceptors (Lipinski definition) is 4. The molecular weight excluding hydrogens is 280 g/mol.